The van der Waals surface area contributed by atoms with Gasteiger partial charge in [-0.3, -0.25) is 10.1 Å². The van der Waals surface area contributed by atoms with E-state index in [4.69, 9.17) is 21.4 Å². The van der Waals surface area contributed by atoms with E-state index >= 15 is 0 Å². The first-order valence-corrected chi connectivity index (χ1v) is 6.34. The van der Waals surface area contributed by atoms with E-state index in [2.05, 4.69) is 0 Å². The first-order chi connectivity index (χ1) is 10.0. The molecule has 0 radical (unpaired) electrons. The summed E-state index contributed by atoms with van der Waals surface area (Å²) in [5.74, 6) is -0.777. The lowest BCUT2D eigenvalue weighted by atomic mass is 10.2. The van der Waals surface area contributed by atoms with Crippen LogP contribution in [0.25, 0.3) is 0 Å². The van der Waals surface area contributed by atoms with E-state index < -0.39 is 17.3 Å². The highest BCUT2D eigenvalue weighted by molar-refractivity contribution is 6.30. The van der Waals surface area contributed by atoms with Gasteiger partial charge in [0.1, 0.15) is 6.61 Å². The Morgan fingerprint density at radius 3 is 2.71 bits per heavy atom. The molecule has 0 saturated heterocycles. The van der Waals surface area contributed by atoms with E-state index in [1.165, 1.54) is 36.4 Å². The maximum Gasteiger partial charge on any atom is 0.276 e. The molecule has 5 nitrogen and oxygen atoms in total. The molecule has 0 fully saturated rings. The Hall–Kier alpha value is -2.18. The number of halogens is 2. The summed E-state index contributed by atoms with van der Waals surface area (Å²) < 4.78 is 19.0. The van der Waals surface area contributed by atoms with Gasteiger partial charge >= 0.3 is 0 Å². The smallest absolute Gasteiger partial charge is 0.276 e. The zero-order chi connectivity index (χ0) is 15.4. The number of benzene rings is 2. The summed E-state index contributed by atoms with van der Waals surface area (Å²) >= 11 is 5.80. The number of para-hydroxylation sites is 1. The van der Waals surface area contributed by atoms with E-state index in [9.17, 15) is 14.5 Å². The molecule has 0 unspecified atom stereocenters. The Bertz CT molecular complexity index is 678. The second-order valence-corrected chi connectivity index (χ2v) is 4.64. The van der Waals surface area contributed by atoms with E-state index in [1.807, 2.05) is 0 Å². The fourth-order valence-corrected chi connectivity index (χ4v) is 2.03. The number of nitro benzene ring substituents is 1. The van der Waals surface area contributed by atoms with Crippen LogP contribution in [0.1, 0.15) is 11.1 Å². The second-order valence-electron chi connectivity index (χ2n) is 4.21. The summed E-state index contributed by atoms with van der Waals surface area (Å²) in [4.78, 5) is 10.4. The van der Waals surface area contributed by atoms with Crippen LogP contribution in [0, 0.1) is 15.9 Å². The van der Waals surface area contributed by atoms with Gasteiger partial charge in [0, 0.05) is 16.7 Å². The third-order valence-electron chi connectivity index (χ3n) is 2.83. The van der Waals surface area contributed by atoms with Crippen LogP contribution < -0.4 is 4.74 Å². The fourth-order valence-electron chi connectivity index (χ4n) is 1.84. The van der Waals surface area contributed by atoms with Crippen molar-refractivity contribution in [3.8, 4) is 5.75 Å². The predicted molar refractivity (Wildman–Crippen MR) is 74.8 cm³/mol. The largest absolute Gasteiger partial charge is 0.485 e. The average molecular weight is 312 g/mol. The molecular weight excluding hydrogens is 301 g/mol. The minimum atomic E-state index is -0.647. The van der Waals surface area contributed by atoms with Crippen molar-refractivity contribution < 1.29 is 19.2 Å². The minimum absolute atomic E-state index is 0.130. The highest BCUT2D eigenvalue weighted by Crippen LogP contribution is 2.27. The Morgan fingerprint density at radius 1 is 1.29 bits per heavy atom. The maximum absolute atomic E-state index is 13.7. The highest BCUT2D eigenvalue weighted by Gasteiger charge is 2.16. The summed E-state index contributed by atoms with van der Waals surface area (Å²) in [6.07, 6.45) is 0. The molecule has 0 amide bonds. The van der Waals surface area contributed by atoms with E-state index in [1.54, 1.807) is 0 Å². The normalized spacial score (nSPS) is 10.4. The molecule has 2 rings (SSSR count). The highest BCUT2D eigenvalue weighted by atomic mass is 35.5. The Balaban J connectivity index is 2.28. The standard InChI is InChI=1S/C14H11ClFNO4/c15-11-4-5-13(17(19)20)10(6-11)8-21-14-9(7-18)2-1-3-12(14)16/h1-6,18H,7-8H2. The van der Waals surface area contributed by atoms with Crippen molar-refractivity contribution in [2.45, 2.75) is 13.2 Å². The third-order valence-corrected chi connectivity index (χ3v) is 3.06. The number of rotatable bonds is 5. The molecule has 1 N–H and O–H groups in total. The molecule has 2 aromatic carbocycles. The minimum Gasteiger partial charge on any atom is -0.485 e. The van der Waals surface area contributed by atoms with Gasteiger partial charge in [-0.2, -0.15) is 0 Å². The van der Waals surface area contributed by atoms with E-state index in [-0.39, 0.29) is 29.2 Å². The molecule has 0 aliphatic heterocycles. The van der Waals surface area contributed by atoms with Gasteiger partial charge in [0.2, 0.25) is 0 Å². The van der Waals surface area contributed by atoms with Gasteiger partial charge < -0.3 is 9.84 Å². The van der Waals surface area contributed by atoms with Gasteiger partial charge in [0.05, 0.1) is 17.1 Å². The third kappa shape index (κ3) is 3.48. The Kier molecular flexibility index (Phi) is 4.72. The molecule has 7 heteroatoms. The van der Waals surface area contributed by atoms with Crippen molar-refractivity contribution in [1.29, 1.82) is 0 Å². The van der Waals surface area contributed by atoms with Gasteiger partial charge in [-0.15, -0.1) is 0 Å². The summed E-state index contributed by atoms with van der Waals surface area (Å²) in [6.45, 7) is -0.629. The van der Waals surface area contributed by atoms with Gasteiger partial charge in [-0.05, 0) is 18.2 Å². The number of nitrogens with zero attached hydrogens (tertiary/aromatic N) is 1. The molecule has 0 aliphatic rings. The van der Waals surface area contributed by atoms with Gasteiger partial charge in [-0.25, -0.2) is 4.39 Å². The summed E-state index contributed by atoms with van der Waals surface area (Å²) in [5, 5.41) is 20.4. The number of aliphatic hydroxyl groups is 1. The van der Waals surface area contributed by atoms with Crippen molar-refractivity contribution in [2.24, 2.45) is 0 Å². The second kappa shape index (κ2) is 6.51. The SMILES string of the molecule is O=[N+]([O-])c1ccc(Cl)cc1COc1c(F)cccc1CO. The first-order valence-electron chi connectivity index (χ1n) is 5.96. The molecular formula is C14H11ClFNO4. The maximum atomic E-state index is 13.7. The van der Waals surface area contributed by atoms with Crippen molar-refractivity contribution in [3.63, 3.8) is 0 Å². The molecule has 0 heterocycles. The van der Waals surface area contributed by atoms with Gasteiger partial charge in [0.25, 0.3) is 5.69 Å². The lowest BCUT2D eigenvalue weighted by molar-refractivity contribution is -0.385. The number of nitro groups is 1. The average Bonchev–Trinajstić information content (AvgIpc) is 2.45. The molecule has 21 heavy (non-hydrogen) atoms. The monoisotopic (exact) mass is 311 g/mol. The van der Waals surface area contributed by atoms with Crippen LogP contribution in [-0.2, 0) is 13.2 Å². The predicted octanol–water partition coefficient (Wildman–Crippen LogP) is 3.46. The lowest BCUT2D eigenvalue weighted by Crippen LogP contribution is -2.04. The number of aliphatic hydroxyl groups excluding tert-OH is 1. The first kappa shape index (κ1) is 15.2. The molecule has 0 bridgehead atoms. The van der Waals surface area contributed by atoms with Crippen molar-refractivity contribution in [2.75, 3.05) is 0 Å². The van der Waals surface area contributed by atoms with Crippen LogP contribution in [0.5, 0.6) is 5.75 Å². The van der Waals surface area contributed by atoms with E-state index in [0.29, 0.717) is 5.02 Å². The number of hydrogen-bond donors (Lipinski definition) is 1. The van der Waals surface area contributed by atoms with Gasteiger partial charge in [-0.1, -0.05) is 23.7 Å². The Morgan fingerprint density at radius 2 is 2.05 bits per heavy atom. The fraction of sp³-hybridized carbons (Fsp3) is 0.143. The molecule has 110 valence electrons. The molecule has 0 aliphatic carbocycles. The Labute approximate surface area is 124 Å². The summed E-state index contributed by atoms with van der Waals surface area (Å²) in [7, 11) is 0. The van der Waals surface area contributed by atoms with Gasteiger partial charge in [0.15, 0.2) is 11.6 Å². The molecule has 0 saturated carbocycles. The van der Waals surface area contributed by atoms with Crippen molar-refractivity contribution in [1.82, 2.24) is 0 Å². The lowest BCUT2D eigenvalue weighted by Gasteiger charge is -2.11. The molecule has 2 aromatic rings. The van der Waals surface area contributed by atoms with Crippen molar-refractivity contribution in [3.05, 3.63) is 68.5 Å². The molecule has 0 spiro atoms. The quantitative estimate of drug-likeness (QED) is 0.678. The zero-order valence-electron chi connectivity index (χ0n) is 10.8. The molecule has 0 aromatic heterocycles. The van der Waals surface area contributed by atoms with E-state index in [0.717, 1.165) is 0 Å². The topological polar surface area (TPSA) is 72.6 Å². The van der Waals surface area contributed by atoms with Crippen LogP contribution in [0.15, 0.2) is 36.4 Å². The number of hydrogen-bond acceptors (Lipinski definition) is 4. The van der Waals surface area contributed by atoms with Crippen LogP contribution in [-0.4, -0.2) is 10.0 Å². The molecule has 0 atom stereocenters. The van der Waals surface area contributed by atoms with Crippen LogP contribution in [0.3, 0.4) is 0 Å². The summed E-state index contributed by atoms with van der Waals surface area (Å²) in [5.41, 5.74) is 0.320. The van der Waals surface area contributed by atoms with Crippen LogP contribution in [0.4, 0.5) is 10.1 Å². The summed E-state index contributed by atoms with van der Waals surface area (Å²) in [6, 6.07) is 8.17. The van der Waals surface area contributed by atoms with Crippen molar-refractivity contribution >= 4 is 17.3 Å². The zero-order valence-corrected chi connectivity index (χ0v) is 11.5. The van der Waals surface area contributed by atoms with Crippen LogP contribution >= 0.6 is 11.6 Å². The number of ether oxygens (including phenoxy) is 1. The van der Waals surface area contributed by atoms with Crippen LogP contribution in [0.2, 0.25) is 5.02 Å².